The van der Waals surface area contributed by atoms with Crippen LogP contribution in [0.25, 0.3) is 0 Å². The van der Waals surface area contributed by atoms with Gasteiger partial charge in [0, 0.05) is 84.0 Å². The summed E-state index contributed by atoms with van der Waals surface area (Å²) in [4.78, 5) is 54.2. The predicted molar refractivity (Wildman–Crippen MR) is 186 cm³/mol. The molecule has 49 heavy (non-hydrogen) atoms. The van der Waals surface area contributed by atoms with Gasteiger partial charge < -0.3 is 34.6 Å². The first-order valence-electron chi connectivity index (χ1n) is 18.0. The van der Waals surface area contributed by atoms with Crippen molar-refractivity contribution in [3.05, 3.63) is 47.2 Å². The molecule has 4 aliphatic heterocycles. The van der Waals surface area contributed by atoms with E-state index in [4.69, 9.17) is 9.47 Å². The van der Waals surface area contributed by atoms with Crippen molar-refractivity contribution in [3.8, 4) is 11.5 Å². The zero-order chi connectivity index (χ0) is 34.3. The van der Waals surface area contributed by atoms with Crippen LogP contribution in [0.15, 0.2) is 30.5 Å². The topological polar surface area (TPSA) is 128 Å². The summed E-state index contributed by atoms with van der Waals surface area (Å²) in [6.07, 6.45) is 7.04. The van der Waals surface area contributed by atoms with Crippen LogP contribution in [-0.4, -0.2) is 128 Å². The number of amides is 3. The minimum Gasteiger partial charge on any atom is -0.493 e. The minimum atomic E-state index is -0.0333. The maximum atomic E-state index is 14.2. The summed E-state index contributed by atoms with van der Waals surface area (Å²) in [5.41, 5.74) is 2.67. The molecule has 3 fully saturated rings. The minimum absolute atomic E-state index is 0.00722. The Hall–Kier alpha value is -3.90. The van der Waals surface area contributed by atoms with Crippen LogP contribution in [0, 0.1) is 11.8 Å². The number of nitrogens with zero attached hydrogens (tertiary/aromatic N) is 5. The lowest BCUT2D eigenvalue weighted by molar-refractivity contribution is -0.140. The van der Waals surface area contributed by atoms with E-state index in [2.05, 4.69) is 31.1 Å². The number of rotatable bonds is 6. The second-order valence-electron chi connectivity index (χ2n) is 13.9. The summed E-state index contributed by atoms with van der Waals surface area (Å²) >= 11 is 0. The number of fused-ring (bicyclic) bond motifs is 6. The normalized spacial score (nSPS) is 24.2. The smallest absolute Gasteiger partial charge is 0.257 e. The number of piperidine rings is 2. The van der Waals surface area contributed by atoms with Crippen LogP contribution in [0.1, 0.15) is 60.0 Å². The number of hydrogen-bond donors (Lipinski definition) is 2. The van der Waals surface area contributed by atoms with Crippen LogP contribution in [0.2, 0.25) is 0 Å². The number of likely N-dealkylation sites (tertiary alicyclic amines) is 1. The van der Waals surface area contributed by atoms with E-state index in [1.54, 1.807) is 20.4 Å². The van der Waals surface area contributed by atoms with Crippen molar-refractivity contribution in [2.24, 2.45) is 11.8 Å². The standard InChI is InChI=1S/C37H52N6O6/c1-48-32-22-26-10-11-34(46)43-24-27-21-29(31(43)8-3-9-33(45)38-12-4-6-28(20-26)35(32)49-2)25-42(23-27)37(47)30-7-5-13-39-36(30)41-16-14-40(15-17-41)18-19-44/h5,7,13,20,22,27,29,31,44H,3-4,6,8-12,14-19,21,23-25H2,1-2H3,(H,38,45)/t27-,29-,31-/m0/s1. The monoisotopic (exact) mass is 676 g/mol. The summed E-state index contributed by atoms with van der Waals surface area (Å²) in [6.45, 7) is 6.30. The van der Waals surface area contributed by atoms with Crippen LogP contribution < -0.4 is 19.7 Å². The summed E-state index contributed by atoms with van der Waals surface area (Å²) in [6, 6.07) is 7.76. The van der Waals surface area contributed by atoms with Crippen molar-refractivity contribution in [2.45, 2.75) is 57.4 Å². The number of methoxy groups -OCH3 is 2. The number of anilines is 1. The number of nitrogens with one attached hydrogen (secondary N) is 1. The highest BCUT2D eigenvalue weighted by Gasteiger charge is 2.44. The van der Waals surface area contributed by atoms with Crippen LogP contribution >= 0.6 is 0 Å². The number of ether oxygens (including phenoxy) is 2. The Balaban J connectivity index is 1.19. The van der Waals surface area contributed by atoms with E-state index in [0.29, 0.717) is 75.5 Å². The van der Waals surface area contributed by atoms with Crippen LogP contribution in [0.3, 0.4) is 0 Å². The number of benzene rings is 1. The van der Waals surface area contributed by atoms with Gasteiger partial charge in [-0.1, -0.05) is 6.07 Å². The van der Waals surface area contributed by atoms with Crippen LogP contribution in [0.4, 0.5) is 5.82 Å². The number of aromatic nitrogens is 1. The number of aryl methyl sites for hydroxylation is 2. The predicted octanol–water partition coefficient (Wildman–Crippen LogP) is 2.37. The number of aliphatic hydroxyl groups excluding tert-OH is 1. The molecular weight excluding hydrogens is 624 g/mol. The zero-order valence-corrected chi connectivity index (χ0v) is 29.1. The van der Waals surface area contributed by atoms with Gasteiger partial charge in [-0.3, -0.25) is 19.3 Å². The van der Waals surface area contributed by atoms with E-state index >= 15 is 0 Å². The molecule has 4 bridgehead atoms. The van der Waals surface area contributed by atoms with Gasteiger partial charge in [0.15, 0.2) is 11.5 Å². The van der Waals surface area contributed by atoms with Gasteiger partial charge in [-0.15, -0.1) is 0 Å². The van der Waals surface area contributed by atoms with Gasteiger partial charge in [0.2, 0.25) is 11.8 Å². The second kappa shape index (κ2) is 16.2. The molecule has 1 aromatic carbocycles. The molecule has 0 saturated carbocycles. The third kappa shape index (κ3) is 8.12. The van der Waals surface area contributed by atoms with Crippen molar-refractivity contribution in [1.29, 1.82) is 0 Å². The van der Waals surface area contributed by atoms with Gasteiger partial charge in [-0.05, 0) is 79.7 Å². The van der Waals surface area contributed by atoms with Crippen molar-refractivity contribution in [2.75, 3.05) is 84.6 Å². The highest BCUT2D eigenvalue weighted by atomic mass is 16.5. The third-order valence-corrected chi connectivity index (χ3v) is 10.8. The Bertz CT molecular complexity index is 1480. The van der Waals surface area contributed by atoms with Gasteiger partial charge >= 0.3 is 0 Å². The molecule has 1 aromatic heterocycles. The molecule has 2 aromatic rings. The Morgan fingerprint density at radius 1 is 1.00 bits per heavy atom. The Morgan fingerprint density at radius 2 is 1.84 bits per heavy atom. The lowest BCUT2D eigenvalue weighted by Gasteiger charge is -2.51. The molecule has 6 rings (SSSR count). The van der Waals surface area contributed by atoms with E-state index in [-0.39, 0.29) is 42.2 Å². The molecule has 3 atom stereocenters. The lowest BCUT2D eigenvalue weighted by atomic mass is 9.77. The molecule has 4 aliphatic rings. The number of aliphatic hydroxyl groups is 1. The average molecular weight is 677 g/mol. The SMILES string of the molecule is COc1cc2cc(c1OC)CCCNC(=O)CCC[C@H]1[C@H]3C[C@@H](CN(C(=O)c4cccnc4N4CCN(CCO)CC4)C3)CN1C(=O)CC2. The summed E-state index contributed by atoms with van der Waals surface area (Å²) < 4.78 is 11.3. The summed E-state index contributed by atoms with van der Waals surface area (Å²) in [7, 11) is 3.27. The van der Waals surface area contributed by atoms with E-state index in [9.17, 15) is 19.5 Å². The third-order valence-electron chi connectivity index (χ3n) is 10.8. The molecule has 3 saturated heterocycles. The van der Waals surface area contributed by atoms with E-state index < -0.39 is 0 Å². The van der Waals surface area contributed by atoms with Gasteiger partial charge in [0.25, 0.3) is 5.91 Å². The van der Waals surface area contributed by atoms with Crippen LogP contribution in [-0.2, 0) is 22.4 Å². The first-order valence-corrected chi connectivity index (χ1v) is 18.0. The molecule has 2 N–H and O–H groups in total. The van der Waals surface area contributed by atoms with Crippen molar-refractivity contribution in [3.63, 3.8) is 0 Å². The first-order chi connectivity index (χ1) is 23.9. The number of pyridine rings is 1. The zero-order valence-electron chi connectivity index (χ0n) is 29.1. The first kappa shape index (κ1) is 34.9. The molecule has 5 heterocycles. The fraction of sp³-hybridized carbons (Fsp3) is 0.622. The van der Waals surface area contributed by atoms with Gasteiger partial charge in [0.05, 0.1) is 26.4 Å². The van der Waals surface area contributed by atoms with E-state index in [1.807, 2.05) is 23.1 Å². The summed E-state index contributed by atoms with van der Waals surface area (Å²) in [5, 5.41) is 12.4. The van der Waals surface area contributed by atoms with Crippen LogP contribution in [0.5, 0.6) is 11.5 Å². The fourth-order valence-electron chi connectivity index (χ4n) is 8.38. The molecule has 0 aliphatic carbocycles. The molecule has 3 amide bonds. The van der Waals surface area contributed by atoms with E-state index in [1.165, 1.54) is 0 Å². The fourth-order valence-corrected chi connectivity index (χ4v) is 8.38. The van der Waals surface area contributed by atoms with E-state index in [0.717, 1.165) is 68.8 Å². The molecule has 0 spiro atoms. The van der Waals surface area contributed by atoms with Crippen molar-refractivity contribution < 1.29 is 29.0 Å². The molecule has 266 valence electrons. The molecule has 12 heteroatoms. The summed E-state index contributed by atoms with van der Waals surface area (Å²) in [5.74, 6) is 2.55. The van der Waals surface area contributed by atoms with Gasteiger partial charge in [0.1, 0.15) is 5.82 Å². The van der Waals surface area contributed by atoms with Crippen molar-refractivity contribution in [1.82, 2.24) is 25.0 Å². The molecule has 0 unspecified atom stereocenters. The number of carbonyl (C=O) groups excluding carboxylic acids is 3. The quantitative estimate of drug-likeness (QED) is 0.474. The molecule has 0 radical (unpaired) electrons. The van der Waals surface area contributed by atoms with Gasteiger partial charge in [-0.25, -0.2) is 4.98 Å². The number of piperazine rings is 1. The number of carbonyl (C=O) groups is 3. The van der Waals surface area contributed by atoms with Gasteiger partial charge in [-0.2, -0.15) is 0 Å². The average Bonchev–Trinajstić information content (AvgIpc) is 3.12. The molecule has 12 nitrogen and oxygen atoms in total. The number of β-amino-alcohol motifs (C(OH)–C–C–N with tert-alkyl or cyclic N) is 1. The number of hydrogen-bond acceptors (Lipinski definition) is 9. The van der Waals surface area contributed by atoms with Crippen molar-refractivity contribution >= 4 is 23.5 Å². The highest BCUT2D eigenvalue weighted by molar-refractivity contribution is 5.99. The Morgan fingerprint density at radius 3 is 2.61 bits per heavy atom. The largest absolute Gasteiger partial charge is 0.493 e. The molecular formula is C37H52N6O6. The highest BCUT2D eigenvalue weighted by Crippen LogP contribution is 2.38. The maximum absolute atomic E-state index is 14.2. The maximum Gasteiger partial charge on any atom is 0.257 e. The lowest BCUT2D eigenvalue weighted by Crippen LogP contribution is -2.60. The Kier molecular flexibility index (Phi) is 11.6. The second-order valence-corrected chi connectivity index (χ2v) is 13.9. The Labute approximate surface area is 289 Å².